The molecule has 1 amide bonds. The van der Waals surface area contributed by atoms with Gasteiger partial charge in [0.2, 0.25) is 0 Å². The topological polar surface area (TPSA) is 96.6 Å². The Balaban J connectivity index is 1.83. The first kappa shape index (κ1) is 18.1. The SMILES string of the molecule is O=C(CNc1ccc(Br)cc1Br)NN=Cc1ccc([N+](=O)[O-])cc1. The maximum Gasteiger partial charge on any atom is 0.269 e. The van der Waals surface area contributed by atoms with Crippen molar-refractivity contribution in [2.24, 2.45) is 5.10 Å². The molecule has 0 aromatic heterocycles. The van der Waals surface area contributed by atoms with Crippen molar-refractivity contribution in [3.8, 4) is 0 Å². The fourth-order valence-electron chi connectivity index (χ4n) is 1.71. The quantitative estimate of drug-likeness (QED) is 0.394. The van der Waals surface area contributed by atoms with Crippen LogP contribution in [0, 0.1) is 10.1 Å². The highest BCUT2D eigenvalue weighted by molar-refractivity contribution is 9.11. The predicted octanol–water partition coefficient (Wildman–Crippen LogP) is 3.68. The van der Waals surface area contributed by atoms with Gasteiger partial charge in [-0.2, -0.15) is 5.10 Å². The number of nitro groups is 1. The van der Waals surface area contributed by atoms with Crippen LogP contribution in [0.1, 0.15) is 5.56 Å². The molecule has 0 heterocycles. The number of carbonyl (C=O) groups is 1. The Hall–Kier alpha value is -2.26. The molecule has 2 aromatic carbocycles. The number of carbonyl (C=O) groups excluding carboxylic acids is 1. The fraction of sp³-hybridized carbons (Fsp3) is 0.0667. The monoisotopic (exact) mass is 454 g/mol. The van der Waals surface area contributed by atoms with E-state index in [1.807, 2.05) is 18.2 Å². The van der Waals surface area contributed by atoms with Crippen LogP contribution in [0.5, 0.6) is 0 Å². The van der Waals surface area contributed by atoms with E-state index in [0.717, 1.165) is 14.6 Å². The first-order valence-electron chi connectivity index (χ1n) is 6.71. The number of anilines is 1. The van der Waals surface area contributed by atoms with E-state index in [9.17, 15) is 14.9 Å². The maximum atomic E-state index is 11.7. The van der Waals surface area contributed by atoms with Crippen molar-refractivity contribution in [2.75, 3.05) is 11.9 Å². The minimum atomic E-state index is -0.478. The van der Waals surface area contributed by atoms with E-state index in [1.54, 1.807) is 12.1 Å². The number of benzene rings is 2. The van der Waals surface area contributed by atoms with Crippen molar-refractivity contribution in [3.63, 3.8) is 0 Å². The Kier molecular flexibility index (Phi) is 6.44. The number of non-ortho nitro benzene ring substituents is 1. The molecule has 24 heavy (non-hydrogen) atoms. The first-order valence-corrected chi connectivity index (χ1v) is 8.29. The zero-order chi connectivity index (χ0) is 17.5. The number of hydrogen-bond acceptors (Lipinski definition) is 5. The predicted molar refractivity (Wildman–Crippen MR) is 99.2 cm³/mol. The van der Waals surface area contributed by atoms with Crippen molar-refractivity contribution >= 4 is 55.4 Å². The molecule has 2 aromatic rings. The molecule has 0 saturated carbocycles. The van der Waals surface area contributed by atoms with Crippen molar-refractivity contribution in [3.05, 3.63) is 67.1 Å². The van der Waals surface area contributed by atoms with Gasteiger partial charge in [0.25, 0.3) is 11.6 Å². The highest BCUT2D eigenvalue weighted by Gasteiger charge is 2.04. The first-order chi connectivity index (χ1) is 11.5. The zero-order valence-corrected chi connectivity index (χ0v) is 15.4. The Morgan fingerprint density at radius 1 is 1.21 bits per heavy atom. The molecular weight excluding hydrogens is 444 g/mol. The lowest BCUT2D eigenvalue weighted by Crippen LogP contribution is -2.26. The van der Waals surface area contributed by atoms with Crippen LogP contribution in [0.4, 0.5) is 11.4 Å². The summed E-state index contributed by atoms with van der Waals surface area (Å²) < 4.78 is 1.76. The van der Waals surface area contributed by atoms with Gasteiger partial charge in [0, 0.05) is 26.8 Å². The van der Waals surface area contributed by atoms with E-state index in [-0.39, 0.29) is 18.1 Å². The van der Waals surface area contributed by atoms with Crippen molar-refractivity contribution in [1.82, 2.24) is 5.43 Å². The number of nitrogens with zero attached hydrogens (tertiary/aromatic N) is 2. The van der Waals surface area contributed by atoms with E-state index in [0.29, 0.717) is 5.56 Å². The number of hydrogen-bond donors (Lipinski definition) is 2. The number of rotatable bonds is 6. The van der Waals surface area contributed by atoms with Crippen LogP contribution in [0.3, 0.4) is 0 Å². The minimum Gasteiger partial charge on any atom is -0.375 e. The highest BCUT2D eigenvalue weighted by Crippen LogP contribution is 2.25. The molecule has 0 spiro atoms. The normalized spacial score (nSPS) is 10.6. The minimum absolute atomic E-state index is 0.000426. The summed E-state index contributed by atoms with van der Waals surface area (Å²) in [5, 5.41) is 17.3. The van der Waals surface area contributed by atoms with Crippen LogP contribution >= 0.6 is 31.9 Å². The second-order valence-corrected chi connectivity index (χ2v) is 6.39. The van der Waals surface area contributed by atoms with Crippen LogP contribution in [-0.4, -0.2) is 23.6 Å². The third-order valence-electron chi connectivity index (χ3n) is 2.88. The standard InChI is InChI=1S/C15H12Br2N4O3/c16-11-3-6-14(13(17)7-11)18-9-15(22)20-19-8-10-1-4-12(5-2-10)21(23)24/h1-8,18H,9H2,(H,20,22). The Bertz CT molecular complexity index is 779. The number of nitro benzene ring substituents is 1. The van der Waals surface area contributed by atoms with Gasteiger partial charge >= 0.3 is 0 Å². The van der Waals surface area contributed by atoms with Crippen molar-refractivity contribution in [1.29, 1.82) is 0 Å². The molecule has 0 fully saturated rings. The van der Waals surface area contributed by atoms with Gasteiger partial charge in [-0.1, -0.05) is 15.9 Å². The fourth-order valence-corrected chi connectivity index (χ4v) is 2.90. The van der Waals surface area contributed by atoms with Crippen LogP contribution in [0.15, 0.2) is 56.5 Å². The number of amides is 1. The lowest BCUT2D eigenvalue weighted by Gasteiger charge is -2.07. The molecule has 9 heteroatoms. The molecule has 0 saturated heterocycles. The lowest BCUT2D eigenvalue weighted by molar-refractivity contribution is -0.384. The van der Waals surface area contributed by atoms with Crippen LogP contribution in [0.2, 0.25) is 0 Å². The van der Waals surface area contributed by atoms with Crippen molar-refractivity contribution in [2.45, 2.75) is 0 Å². The smallest absolute Gasteiger partial charge is 0.269 e. The lowest BCUT2D eigenvalue weighted by atomic mass is 10.2. The van der Waals surface area contributed by atoms with E-state index < -0.39 is 4.92 Å². The molecule has 0 aliphatic heterocycles. The summed E-state index contributed by atoms with van der Waals surface area (Å²) in [6, 6.07) is 11.4. The zero-order valence-electron chi connectivity index (χ0n) is 12.2. The van der Waals surface area contributed by atoms with E-state index in [1.165, 1.54) is 18.3 Å². The Labute approximate surface area is 154 Å². The van der Waals surface area contributed by atoms with E-state index in [4.69, 9.17) is 0 Å². The second kappa shape index (κ2) is 8.55. The van der Waals surface area contributed by atoms with Crippen LogP contribution < -0.4 is 10.7 Å². The Morgan fingerprint density at radius 3 is 2.54 bits per heavy atom. The van der Waals surface area contributed by atoms with Gasteiger partial charge in [-0.25, -0.2) is 5.43 Å². The highest BCUT2D eigenvalue weighted by atomic mass is 79.9. The van der Waals surface area contributed by atoms with Gasteiger partial charge in [-0.3, -0.25) is 14.9 Å². The summed E-state index contributed by atoms with van der Waals surface area (Å²) in [5.74, 6) is -0.317. The van der Waals surface area contributed by atoms with Crippen LogP contribution in [-0.2, 0) is 4.79 Å². The summed E-state index contributed by atoms with van der Waals surface area (Å²) in [6.07, 6.45) is 1.41. The molecular formula is C15H12Br2N4O3. The molecule has 0 aliphatic rings. The molecule has 7 nitrogen and oxygen atoms in total. The van der Waals surface area contributed by atoms with Crippen LogP contribution in [0.25, 0.3) is 0 Å². The summed E-state index contributed by atoms with van der Waals surface area (Å²) in [7, 11) is 0. The molecule has 2 N–H and O–H groups in total. The summed E-state index contributed by atoms with van der Waals surface area (Å²) in [5.41, 5.74) is 3.81. The maximum absolute atomic E-state index is 11.7. The second-order valence-electron chi connectivity index (χ2n) is 4.62. The molecule has 0 aliphatic carbocycles. The van der Waals surface area contributed by atoms with Gasteiger partial charge in [-0.15, -0.1) is 0 Å². The largest absolute Gasteiger partial charge is 0.375 e. The molecule has 0 bridgehead atoms. The van der Waals surface area contributed by atoms with Gasteiger partial charge in [-0.05, 0) is 51.8 Å². The summed E-state index contributed by atoms with van der Waals surface area (Å²) in [6.45, 7) is 0.0534. The molecule has 124 valence electrons. The van der Waals surface area contributed by atoms with Gasteiger partial charge in [0.15, 0.2) is 0 Å². The third kappa shape index (κ3) is 5.43. The van der Waals surface area contributed by atoms with E-state index in [2.05, 4.69) is 47.7 Å². The molecule has 2 rings (SSSR count). The molecule has 0 unspecified atom stereocenters. The van der Waals surface area contributed by atoms with Gasteiger partial charge in [0.05, 0.1) is 17.7 Å². The molecule has 0 radical (unpaired) electrons. The number of halogens is 2. The summed E-state index contributed by atoms with van der Waals surface area (Å²) in [4.78, 5) is 21.8. The molecule has 0 atom stereocenters. The van der Waals surface area contributed by atoms with Gasteiger partial charge in [0.1, 0.15) is 0 Å². The third-order valence-corrected chi connectivity index (χ3v) is 4.03. The number of hydrazone groups is 1. The average Bonchev–Trinajstić information content (AvgIpc) is 2.54. The van der Waals surface area contributed by atoms with E-state index >= 15 is 0 Å². The van der Waals surface area contributed by atoms with Gasteiger partial charge < -0.3 is 5.32 Å². The van der Waals surface area contributed by atoms with Crippen molar-refractivity contribution < 1.29 is 9.72 Å². The number of nitrogens with one attached hydrogen (secondary N) is 2. The Morgan fingerprint density at radius 2 is 1.92 bits per heavy atom. The summed E-state index contributed by atoms with van der Waals surface area (Å²) >= 11 is 6.75. The average molecular weight is 456 g/mol.